The highest BCUT2D eigenvalue weighted by Crippen LogP contribution is 2.34. The van der Waals surface area contributed by atoms with Gasteiger partial charge in [-0.25, -0.2) is 14.4 Å². The van der Waals surface area contributed by atoms with Gasteiger partial charge in [-0.2, -0.15) is 13.2 Å². The van der Waals surface area contributed by atoms with Crippen LogP contribution in [0.5, 0.6) is 0 Å². The fourth-order valence-corrected chi connectivity index (χ4v) is 4.71. The maximum atomic E-state index is 13.8. The Bertz CT molecular complexity index is 1160. The molecule has 2 aromatic heterocycles. The molecular weight excluding hydrogens is 458 g/mol. The van der Waals surface area contributed by atoms with E-state index >= 15 is 0 Å². The molecule has 1 fully saturated rings. The molecule has 0 saturated heterocycles. The molecule has 1 aliphatic rings. The Labute approximate surface area is 192 Å². The first-order valence-electron chi connectivity index (χ1n) is 10.5. The van der Waals surface area contributed by atoms with Crippen LogP contribution in [0.25, 0.3) is 10.9 Å². The summed E-state index contributed by atoms with van der Waals surface area (Å²) in [4.78, 5) is 22.8. The lowest BCUT2D eigenvalue weighted by atomic mass is 9.90. The second-order valence-electron chi connectivity index (χ2n) is 8.29. The van der Waals surface area contributed by atoms with Crippen molar-refractivity contribution in [2.24, 2.45) is 0 Å². The Kier molecular flexibility index (Phi) is 6.42. The van der Waals surface area contributed by atoms with Crippen LogP contribution >= 0.6 is 11.3 Å². The summed E-state index contributed by atoms with van der Waals surface area (Å²) in [7, 11) is 3.69. The third-order valence-corrected chi connectivity index (χ3v) is 6.69. The van der Waals surface area contributed by atoms with Crippen LogP contribution in [0.2, 0.25) is 0 Å². The molecule has 2 N–H and O–H groups in total. The Morgan fingerprint density at radius 2 is 1.94 bits per heavy atom. The third-order valence-electron chi connectivity index (χ3n) is 5.53. The molecule has 0 unspecified atom stereocenters. The minimum absolute atomic E-state index is 0.0660. The van der Waals surface area contributed by atoms with Crippen molar-refractivity contribution in [1.29, 1.82) is 0 Å². The van der Waals surface area contributed by atoms with Crippen LogP contribution in [-0.4, -0.2) is 42.1 Å². The molecule has 0 spiro atoms. The van der Waals surface area contributed by atoms with Crippen molar-refractivity contribution < 1.29 is 22.4 Å². The van der Waals surface area contributed by atoms with Gasteiger partial charge in [0.25, 0.3) is 5.91 Å². The number of benzene rings is 1. The summed E-state index contributed by atoms with van der Waals surface area (Å²) < 4.78 is 53.9. The summed E-state index contributed by atoms with van der Waals surface area (Å²) in [5.74, 6) is -0.774. The smallest absolute Gasteiger partial charge is 0.382 e. The van der Waals surface area contributed by atoms with E-state index < -0.39 is 17.7 Å². The van der Waals surface area contributed by atoms with Crippen LogP contribution in [0.3, 0.4) is 0 Å². The zero-order chi connectivity index (χ0) is 23.8. The topological polar surface area (TPSA) is 70.2 Å². The third kappa shape index (κ3) is 5.35. The molecule has 0 aliphatic heterocycles. The molecule has 2 atom stereocenters. The quantitative estimate of drug-likeness (QED) is 0.498. The molecule has 1 amide bonds. The number of anilines is 2. The Morgan fingerprint density at radius 3 is 2.64 bits per heavy atom. The van der Waals surface area contributed by atoms with E-state index in [-0.39, 0.29) is 34.6 Å². The molecule has 1 saturated carbocycles. The molecule has 1 aliphatic carbocycles. The van der Waals surface area contributed by atoms with E-state index in [0.29, 0.717) is 11.3 Å². The van der Waals surface area contributed by atoms with Gasteiger partial charge in [0.2, 0.25) is 0 Å². The van der Waals surface area contributed by atoms with Crippen molar-refractivity contribution in [1.82, 2.24) is 15.3 Å². The summed E-state index contributed by atoms with van der Waals surface area (Å²) in [6.45, 7) is 0. The highest BCUT2D eigenvalue weighted by atomic mass is 32.1. The van der Waals surface area contributed by atoms with Gasteiger partial charge in [-0.05, 0) is 49.9 Å². The van der Waals surface area contributed by atoms with Gasteiger partial charge in [0.05, 0.1) is 11.7 Å². The number of carbonyl (C=O) groups is 1. The number of amides is 1. The molecular formula is C22H23F4N5OS. The number of hydrogen-bond donors (Lipinski definition) is 2. The van der Waals surface area contributed by atoms with E-state index in [0.717, 1.165) is 36.5 Å². The first kappa shape index (κ1) is 23.2. The Balaban J connectivity index is 1.51. The summed E-state index contributed by atoms with van der Waals surface area (Å²) in [5, 5.41) is 7.17. The number of aromatic nitrogens is 2. The minimum atomic E-state index is -4.62. The van der Waals surface area contributed by atoms with Crippen molar-refractivity contribution in [3.05, 3.63) is 46.9 Å². The molecule has 176 valence electrons. The number of hydrogen-bond acceptors (Lipinski definition) is 6. The molecule has 11 heteroatoms. The number of pyridine rings is 1. The fraction of sp³-hybridized carbons (Fsp3) is 0.409. The van der Waals surface area contributed by atoms with E-state index in [1.165, 1.54) is 29.7 Å². The molecule has 4 rings (SSSR count). The molecule has 33 heavy (non-hydrogen) atoms. The molecule has 0 bridgehead atoms. The number of nitrogens with zero attached hydrogens (tertiary/aromatic N) is 3. The normalized spacial score (nSPS) is 18.8. The van der Waals surface area contributed by atoms with Gasteiger partial charge in [0.1, 0.15) is 16.4 Å². The monoisotopic (exact) mass is 481 g/mol. The SMILES string of the molecule is CN(C)c1ncc(C(=O)N[C@@H]2CCC[C@H](Nc3cc(C(F)(F)F)nc4ccc(F)cc34)C2)s1. The highest BCUT2D eigenvalue weighted by molar-refractivity contribution is 7.17. The second-order valence-corrected chi connectivity index (χ2v) is 9.30. The highest BCUT2D eigenvalue weighted by Gasteiger charge is 2.34. The number of carbonyl (C=O) groups excluding carboxylic acids is 1. The van der Waals surface area contributed by atoms with Gasteiger partial charge in [0.15, 0.2) is 5.13 Å². The second kappa shape index (κ2) is 9.12. The Hall–Kier alpha value is -2.95. The average Bonchev–Trinajstić information content (AvgIpc) is 3.24. The zero-order valence-corrected chi connectivity index (χ0v) is 18.9. The Morgan fingerprint density at radius 1 is 1.18 bits per heavy atom. The van der Waals surface area contributed by atoms with Crippen LogP contribution in [0, 0.1) is 5.82 Å². The van der Waals surface area contributed by atoms with Crippen molar-refractivity contribution in [2.45, 2.75) is 43.9 Å². The largest absolute Gasteiger partial charge is 0.433 e. The van der Waals surface area contributed by atoms with Crippen LogP contribution in [0.15, 0.2) is 30.5 Å². The van der Waals surface area contributed by atoms with E-state index in [9.17, 15) is 22.4 Å². The van der Waals surface area contributed by atoms with E-state index in [1.807, 2.05) is 19.0 Å². The van der Waals surface area contributed by atoms with Gasteiger partial charge < -0.3 is 15.5 Å². The lowest BCUT2D eigenvalue weighted by molar-refractivity contribution is -0.140. The molecule has 3 aromatic rings. The summed E-state index contributed by atoms with van der Waals surface area (Å²) in [6.07, 6.45) is -0.281. The van der Waals surface area contributed by atoms with Crippen LogP contribution < -0.4 is 15.5 Å². The number of nitrogens with one attached hydrogen (secondary N) is 2. The first-order chi connectivity index (χ1) is 15.6. The van der Waals surface area contributed by atoms with Crippen molar-refractivity contribution in [2.75, 3.05) is 24.3 Å². The van der Waals surface area contributed by atoms with Crippen molar-refractivity contribution >= 4 is 39.0 Å². The zero-order valence-electron chi connectivity index (χ0n) is 18.0. The lowest BCUT2D eigenvalue weighted by Crippen LogP contribution is -2.41. The predicted molar refractivity (Wildman–Crippen MR) is 120 cm³/mol. The van der Waals surface area contributed by atoms with Crippen LogP contribution in [-0.2, 0) is 6.18 Å². The van der Waals surface area contributed by atoms with Gasteiger partial charge in [-0.15, -0.1) is 0 Å². The number of alkyl halides is 3. The lowest BCUT2D eigenvalue weighted by Gasteiger charge is -2.31. The van der Waals surface area contributed by atoms with Gasteiger partial charge in [-0.1, -0.05) is 11.3 Å². The molecule has 6 nitrogen and oxygen atoms in total. The summed E-state index contributed by atoms with van der Waals surface area (Å²) >= 11 is 1.29. The van der Waals surface area contributed by atoms with Crippen molar-refractivity contribution in [3.8, 4) is 0 Å². The summed E-state index contributed by atoms with van der Waals surface area (Å²) in [6, 6.07) is 4.11. The number of thiazole rings is 1. The predicted octanol–water partition coefficient (Wildman–Crippen LogP) is 5.07. The van der Waals surface area contributed by atoms with Gasteiger partial charge in [-0.3, -0.25) is 4.79 Å². The average molecular weight is 482 g/mol. The first-order valence-corrected chi connectivity index (χ1v) is 11.3. The minimum Gasteiger partial charge on any atom is -0.382 e. The van der Waals surface area contributed by atoms with Gasteiger partial charge in [0, 0.05) is 37.3 Å². The number of rotatable bonds is 5. The van der Waals surface area contributed by atoms with Gasteiger partial charge >= 0.3 is 6.18 Å². The fourth-order valence-electron chi connectivity index (χ4n) is 3.97. The maximum absolute atomic E-state index is 13.8. The van der Waals surface area contributed by atoms with Crippen LogP contribution in [0.1, 0.15) is 41.0 Å². The van der Waals surface area contributed by atoms with E-state index in [4.69, 9.17) is 0 Å². The summed E-state index contributed by atoms with van der Waals surface area (Å²) in [5.41, 5.74) is -0.787. The molecule has 0 radical (unpaired) electrons. The molecule has 1 aromatic carbocycles. The maximum Gasteiger partial charge on any atom is 0.433 e. The molecule has 2 heterocycles. The number of halogens is 4. The van der Waals surface area contributed by atoms with Crippen LogP contribution in [0.4, 0.5) is 28.4 Å². The van der Waals surface area contributed by atoms with E-state index in [1.54, 1.807) is 0 Å². The standard InChI is InChI=1S/C22H23F4N5OS/c1-31(2)21-27-11-18(33-21)20(32)29-14-5-3-4-13(9-14)28-17-10-19(22(24,25)26)30-16-7-6-12(23)8-15(16)17/h6-8,10-11,13-14H,3-5,9H2,1-2H3,(H,28,30)(H,29,32)/t13-,14+/m0/s1. The van der Waals surface area contributed by atoms with E-state index in [2.05, 4.69) is 20.6 Å². The van der Waals surface area contributed by atoms with Crippen molar-refractivity contribution in [3.63, 3.8) is 0 Å². The number of fused-ring (bicyclic) bond motifs is 1.